The van der Waals surface area contributed by atoms with Crippen LogP contribution in [-0.2, 0) is 4.74 Å². The SMILES string of the molecule is COC(=O)c1sc(C2CCCCCCCCC2)cc1O[I-]C1CCCCCC(Cl)CCC1. The van der Waals surface area contributed by atoms with Crippen LogP contribution in [0.4, 0.5) is 0 Å². The summed E-state index contributed by atoms with van der Waals surface area (Å²) in [5, 5.41) is 0.343. The van der Waals surface area contributed by atoms with E-state index in [-0.39, 0.29) is 5.97 Å². The monoisotopic (exact) mass is 595 g/mol. The molecule has 1 aromatic rings. The Morgan fingerprint density at radius 2 is 1.44 bits per heavy atom. The Kier molecular flexibility index (Phi) is 12.5. The van der Waals surface area contributed by atoms with E-state index in [9.17, 15) is 4.79 Å². The zero-order valence-corrected chi connectivity index (χ0v) is 23.4. The summed E-state index contributed by atoms with van der Waals surface area (Å²) < 4.78 is 12.2. The van der Waals surface area contributed by atoms with Crippen molar-refractivity contribution in [2.75, 3.05) is 7.11 Å². The van der Waals surface area contributed by atoms with Crippen molar-refractivity contribution in [3.63, 3.8) is 0 Å². The number of carbonyl (C=O) groups is 1. The van der Waals surface area contributed by atoms with Gasteiger partial charge in [-0.15, -0.1) is 0 Å². The van der Waals surface area contributed by atoms with Gasteiger partial charge in [-0.05, 0) is 0 Å². The molecule has 2 atom stereocenters. The number of esters is 1. The van der Waals surface area contributed by atoms with E-state index in [0.29, 0.717) is 20.1 Å². The van der Waals surface area contributed by atoms with Crippen molar-refractivity contribution in [1.82, 2.24) is 0 Å². The van der Waals surface area contributed by atoms with E-state index < -0.39 is 21.6 Å². The van der Waals surface area contributed by atoms with E-state index in [4.69, 9.17) is 19.4 Å². The molecule has 0 aliphatic heterocycles. The zero-order chi connectivity index (χ0) is 22.6. The van der Waals surface area contributed by atoms with E-state index in [2.05, 4.69) is 6.07 Å². The Morgan fingerprint density at radius 3 is 2.16 bits per heavy atom. The van der Waals surface area contributed by atoms with Crippen LogP contribution in [-0.4, -0.2) is 22.4 Å². The second kappa shape index (κ2) is 15.1. The van der Waals surface area contributed by atoms with Gasteiger partial charge >= 0.3 is 216 Å². The molecular weight excluding hydrogens is 555 g/mol. The van der Waals surface area contributed by atoms with Crippen LogP contribution in [0.5, 0.6) is 5.75 Å². The van der Waals surface area contributed by atoms with Crippen LogP contribution in [0.1, 0.15) is 130 Å². The Hall–Kier alpha value is -0.0100. The van der Waals surface area contributed by atoms with E-state index in [1.165, 1.54) is 115 Å². The standard InChI is InChI=1S/C26H41ClIO3S/c1-30-26(29)25-23(31-28-22-17-11-7-10-15-21(27)16-12-18-22)19-24(32-25)20-13-8-5-3-2-4-6-9-14-20/h19-22H,2-18H2,1H3/q-1. The molecule has 3 rings (SSSR count). The molecule has 2 aliphatic rings. The third-order valence-corrected chi connectivity index (χ3v) is 11.3. The predicted molar refractivity (Wildman–Crippen MR) is 131 cm³/mol. The molecule has 184 valence electrons. The van der Waals surface area contributed by atoms with Gasteiger partial charge in [0.2, 0.25) is 0 Å². The van der Waals surface area contributed by atoms with Gasteiger partial charge in [-0.2, -0.15) is 0 Å². The second-order valence-corrected chi connectivity index (χ2v) is 13.9. The zero-order valence-electron chi connectivity index (χ0n) is 19.7. The van der Waals surface area contributed by atoms with Crippen LogP contribution in [0.25, 0.3) is 0 Å². The molecule has 0 N–H and O–H groups in total. The molecule has 0 radical (unpaired) electrons. The molecule has 0 bridgehead atoms. The van der Waals surface area contributed by atoms with E-state index in [1.54, 1.807) is 11.3 Å². The van der Waals surface area contributed by atoms with Gasteiger partial charge < -0.3 is 0 Å². The molecule has 2 saturated carbocycles. The van der Waals surface area contributed by atoms with Crippen molar-refractivity contribution in [3.05, 3.63) is 15.8 Å². The van der Waals surface area contributed by atoms with Crippen molar-refractivity contribution < 1.29 is 34.2 Å². The van der Waals surface area contributed by atoms with Gasteiger partial charge in [0.15, 0.2) is 0 Å². The Morgan fingerprint density at radius 1 is 0.875 bits per heavy atom. The molecule has 2 fully saturated rings. The minimum atomic E-state index is -0.455. The molecular formula is C26H41ClIO3S-. The van der Waals surface area contributed by atoms with Crippen LogP contribution in [0.2, 0.25) is 0 Å². The first-order valence-corrected chi connectivity index (χ1v) is 16.2. The molecule has 3 nitrogen and oxygen atoms in total. The molecule has 0 aromatic carbocycles. The van der Waals surface area contributed by atoms with E-state index in [0.717, 1.165) is 12.2 Å². The molecule has 1 heterocycles. The molecule has 1 aromatic heterocycles. The molecule has 0 saturated heterocycles. The molecule has 6 heteroatoms. The van der Waals surface area contributed by atoms with Crippen LogP contribution in [0, 0.1) is 0 Å². The fraction of sp³-hybridized carbons (Fsp3) is 0.808. The number of methoxy groups -OCH3 is 1. The minimum absolute atomic E-state index is 0.240. The molecule has 0 amide bonds. The average molecular weight is 596 g/mol. The average Bonchev–Trinajstić information content (AvgIpc) is 3.24. The predicted octanol–water partition coefficient (Wildman–Crippen LogP) is 5.64. The van der Waals surface area contributed by atoms with Gasteiger partial charge in [-0.1, -0.05) is 0 Å². The molecule has 2 unspecified atom stereocenters. The number of thiophene rings is 1. The van der Waals surface area contributed by atoms with E-state index >= 15 is 0 Å². The summed E-state index contributed by atoms with van der Waals surface area (Å²) >= 11 is 7.63. The molecule has 32 heavy (non-hydrogen) atoms. The first kappa shape index (κ1) is 26.6. The Balaban J connectivity index is 1.66. The topological polar surface area (TPSA) is 35.5 Å². The van der Waals surface area contributed by atoms with Crippen LogP contribution in [0.15, 0.2) is 6.07 Å². The first-order chi connectivity index (χ1) is 15.7. The number of hydrogen-bond donors (Lipinski definition) is 0. The maximum absolute atomic E-state index is 12.5. The van der Waals surface area contributed by atoms with Gasteiger partial charge in [0.1, 0.15) is 0 Å². The number of hydrogen-bond acceptors (Lipinski definition) is 4. The number of carbonyl (C=O) groups excluding carboxylic acids is 1. The third kappa shape index (κ3) is 8.98. The van der Waals surface area contributed by atoms with Gasteiger partial charge in [-0.25, -0.2) is 0 Å². The fourth-order valence-corrected chi connectivity index (χ4v) is 8.94. The summed E-state index contributed by atoms with van der Waals surface area (Å²) in [5.74, 6) is 1.12. The van der Waals surface area contributed by atoms with Crippen molar-refractivity contribution in [1.29, 1.82) is 0 Å². The van der Waals surface area contributed by atoms with Crippen molar-refractivity contribution in [2.24, 2.45) is 0 Å². The van der Waals surface area contributed by atoms with Crippen molar-refractivity contribution in [3.8, 4) is 5.75 Å². The number of ether oxygens (including phenoxy) is 1. The van der Waals surface area contributed by atoms with Crippen molar-refractivity contribution >= 4 is 28.9 Å². The first-order valence-electron chi connectivity index (χ1n) is 12.8. The van der Waals surface area contributed by atoms with Crippen molar-refractivity contribution in [2.45, 2.75) is 124 Å². The Bertz CT molecular complexity index is 670. The summed E-state index contributed by atoms with van der Waals surface area (Å²) in [4.78, 5) is 14.5. The Labute approximate surface area is 215 Å². The summed E-state index contributed by atoms with van der Waals surface area (Å²) in [5.41, 5.74) is 0. The summed E-state index contributed by atoms with van der Waals surface area (Å²) in [6, 6.07) is 2.20. The van der Waals surface area contributed by atoms with E-state index in [1.807, 2.05) is 0 Å². The number of halogens is 2. The van der Waals surface area contributed by atoms with Crippen LogP contribution in [0.3, 0.4) is 0 Å². The maximum atomic E-state index is 12.5. The third-order valence-electron chi connectivity index (χ3n) is 6.92. The summed E-state index contributed by atoms with van der Waals surface area (Å²) in [6.45, 7) is 0. The van der Waals surface area contributed by atoms with Crippen LogP contribution >= 0.6 is 22.9 Å². The van der Waals surface area contributed by atoms with Gasteiger partial charge in [-0.3, -0.25) is 0 Å². The summed E-state index contributed by atoms with van der Waals surface area (Å²) in [6.07, 6.45) is 21.6. The number of alkyl halides is 2. The quantitative estimate of drug-likeness (QED) is 0.251. The summed E-state index contributed by atoms with van der Waals surface area (Å²) in [7, 11) is 1.48. The normalized spacial score (nSPS) is 25.2. The van der Waals surface area contributed by atoms with Gasteiger partial charge in [0, 0.05) is 0 Å². The number of rotatable bonds is 5. The molecule has 0 spiro atoms. The van der Waals surface area contributed by atoms with Gasteiger partial charge in [0.05, 0.1) is 0 Å². The second-order valence-electron chi connectivity index (χ2n) is 9.51. The molecule has 2 aliphatic carbocycles. The van der Waals surface area contributed by atoms with Crippen LogP contribution < -0.4 is 24.7 Å². The fourth-order valence-electron chi connectivity index (χ4n) is 4.94. The van der Waals surface area contributed by atoms with Gasteiger partial charge in [0.25, 0.3) is 0 Å².